The lowest BCUT2D eigenvalue weighted by molar-refractivity contribution is -0.384. The highest BCUT2D eigenvalue weighted by molar-refractivity contribution is 5.97. The van der Waals surface area contributed by atoms with Crippen LogP contribution in [-0.4, -0.2) is 61.0 Å². The second-order valence-corrected chi connectivity index (χ2v) is 6.22. The van der Waals surface area contributed by atoms with E-state index in [1.807, 2.05) is 0 Å². The highest BCUT2D eigenvalue weighted by Gasteiger charge is 2.29. The standard InChI is InChI=1S/C18H23N3O7/c1-3-27-17(23)12-6-8-20(9-7-12)16(22)11-28-18(24)14-10-13(21(25)26)4-5-15(14)19-2/h4-5,10,12,19H,3,6-9,11H2,1-2H3. The van der Waals surface area contributed by atoms with Crippen molar-refractivity contribution in [3.05, 3.63) is 33.9 Å². The normalized spacial score (nSPS) is 14.3. The molecule has 1 amide bonds. The molecule has 1 heterocycles. The van der Waals surface area contributed by atoms with Gasteiger partial charge in [-0.2, -0.15) is 0 Å². The highest BCUT2D eigenvalue weighted by Crippen LogP contribution is 2.23. The number of benzene rings is 1. The second kappa shape index (κ2) is 9.67. The topological polar surface area (TPSA) is 128 Å². The second-order valence-electron chi connectivity index (χ2n) is 6.22. The molecule has 0 atom stereocenters. The Morgan fingerprint density at radius 2 is 1.93 bits per heavy atom. The van der Waals surface area contributed by atoms with Crippen LogP contribution in [0.3, 0.4) is 0 Å². The molecule has 0 aliphatic carbocycles. The summed E-state index contributed by atoms with van der Waals surface area (Å²) in [6, 6.07) is 3.77. The third-order valence-corrected chi connectivity index (χ3v) is 4.50. The molecule has 10 nitrogen and oxygen atoms in total. The van der Waals surface area contributed by atoms with Crippen LogP contribution in [0.25, 0.3) is 0 Å². The van der Waals surface area contributed by atoms with Crippen LogP contribution < -0.4 is 5.32 Å². The van der Waals surface area contributed by atoms with E-state index in [2.05, 4.69) is 5.32 Å². The number of nitrogens with zero attached hydrogens (tertiary/aromatic N) is 2. The fourth-order valence-electron chi connectivity index (χ4n) is 2.95. The number of nitrogens with one attached hydrogen (secondary N) is 1. The largest absolute Gasteiger partial charge is 0.466 e. The SMILES string of the molecule is CCOC(=O)C1CCN(C(=O)COC(=O)c2cc([N+](=O)[O-])ccc2NC)CC1. The van der Waals surface area contributed by atoms with Crippen LogP contribution in [0.1, 0.15) is 30.1 Å². The number of non-ortho nitro benzene ring substituents is 1. The molecular weight excluding hydrogens is 370 g/mol. The van der Waals surface area contributed by atoms with Gasteiger partial charge in [0.25, 0.3) is 11.6 Å². The number of carbonyl (C=O) groups is 3. The van der Waals surface area contributed by atoms with Crippen molar-refractivity contribution in [2.75, 3.05) is 38.7 Å². The molecule has 152 valence electrons. The van der Waals surface area contributed by atoms with E-state index in [-0.39, 0.29) is 29.0 Å². The van der Waals surface area contributed by atoms with Crippen molar-refractivity contribution in [1.29, 1.82) is 0 Å². The van der Waals surface area contributed by atoms with Gasteiger partial charge in [-0.1, -0.05) is 0 Å². The van der Waals surface area contributed by atoms with Crippen molar-refractivity contribution in [3.8, 4) is 0 Å². The van der Waals surface area contributed by atoms with Crippen molar-refractivity contribution in [1.82, 2.24) is 4.90 Å². The summed E-state index contributed by atoms with van der Waals surface area (Å²) in [5.74, 6) is -1.70. The molecule has 0 spiro atoms. The quantitative estimate of drug-likeness (QED) is 0.420. The molecule has 0 radical (unpaired) electrons. The molecule has 0 bridgehead atoms. The first-order valence-corrected chi connectivity index (χ1v) is 8.95. The van der Waals surface area contributed by atoms with Crippen molar-refractivity contribution >= 4 is 29.2 Å². The van der Waals surface area contributed by atoms with Crippen LogP contribution >= 0.6 is 0 Å². The zero-order valence-electron chi connectivity index (χ0n) is 15.8. The molecule has 0 unspecified atom stereocenters. The summed E-state index contributed by atoms with van der Waals surface area (Å²) in [5, 5.41) is 13.7. The van der Waals surface area contributed by atoms with Crippen molar-refractivity contribution in [2.45, 2.75) is 19.8 Å². The molecule has 1 aromatic carbocycles. The highest BCUT2D eigenvalue weighted by atomic mass is 16.6. The summed E-state index contributed by atoms with van der Waals surface area (Å²) >= 11 is 0. The zero-order valence-corrected chi connectivity index (χ0v) is 15.8. The van der Waals surface area contributed by atoms with E-state index in [0.717, 1.165) is 6.07 Å². The molecule has 10 heteroatoms. The number of anilines is 1. The van der Waals surface area contributed by atoms with Crippen molar-refractivity contribution in [2.24, 2.45) is 5.92 Å². The van der Waals surface area contributed by atoms with Crippen LogP contribution in [0.15, 0.2) is 18.2 Å². The molecule has 1 aromatic rings. The van der Waals surface area contributed by atoms with E-state index in [4.69, 9.17) is 9.47 Å². The lowest BCUT2D eigenvalue weighted by Gasteiger charge is -2.30. The van der Waals surface area contributed by atoms with Crippen LogP contribution in [0.5, 0.6) is 0 Å². The molecule has 0 saturated carbocycles. The smallest absolute Gasteiger partial charge is 0.341 e. The first-order valence-electron chi connectivity index (χ1n) is 8.95. The fourth-order valence-corrected chi connectivity index (χ4v) is 2.95. The minimum atomic E-state index is -0.831. The average Bonchev–Trinajstić information content (AvgIpc) is 2.71. The number of hydrogen-bond acceptors (Lipinski definition) is 8. The van der Waals surface area contributed by atoms with Gasteiger partial charge in [-0.15, -0.1) is 0 Å². The Morgan fingerprint density at radius 1 is 1.25 bits per heavy atom. The summed E-state index contributed by atoms with van der Waals surface area (Å²) in [6.07, 6.45) is 0.987. The Hall–Kier alpha value is -3.17. The Labute approximate surface area is 161 Å². The molecule has 28 heavy (non-hydrogen) atoms. The van der Waals surface area contributed by atoms with Gasteiger partial charge in [-0.3, -0.25) is 19.7 Å². The summed E-state index contributed by atoms with van der Waals surface area (Å²) in [6.45, 7) is 2.33. The first-order chi connectivity index (χ1) is 13.4. The van der Waals surface area contributed by atoms with Crippen molar-refractivity contribution in [3.63, 3.8) is 0 Å². The molecular formula is C18H23N3O7. The number of nitro benzene ring substituents is 1. The third kappa shape index (κ3) is 5.18. The molecule has 1 N–H and O–H groups in total. The molecule has 1 fully saturated rings. The van der Waals surface area contributed by atoms with E-state index in [9.17, 15) is 24.5 Å². The predicted octanol–water partition coefficient (Wildman–Crippen LogP) is 1.59. The zero-order chi connectivity index (χ0) is 20.7. The van der Waals surface area contributed by atoms with Gasteiger partial charge in [0.1, 0.15) is 0 Å². The van der Waals surface area contributed by atoms with E-state index in [1.54, 1.807) is 14.0 Å². The van der Waals surface area contributed by atoms with Crippen LogP contribution in [0.4, 0.5) is 11.4 Å². The summed E-state index contributed by atoms with van der Waals surface area (Å²) in [5.41, 5.74) is 0.0853. The number of carbonyl (C=O) groups excluding carboxylic acids is 3. The van der Waals surface area contributed by atoms with Crippen LogP contribution in [0.2, 0.25) is 0 Å². The Morgan fingerprint density at radius 3 is 2.50 bits per heavy atom. The number of amides is 1. The summed E-state index contributed by atoms with van der Waals surface area (Å²) < 4.78 is 10.0. The van der Waals surface area contributed by atoms with Gasteiger partial charge in [-0.25, -0.2) is 4.79 Å². The number of nitro groups is 1. The van der Waals surface area contributed by atoms with Crippen molar-refractivity contribution < 1.29 is 28.8 Å². The molecule has 1 aliphatic heterocycles. The van der Waals surface area contributed by atoms with Gasteiger partial charge in [-0.05, 0) is 25.8 Å². The Bertz CT molecular complexity index is 758. The van der Waals surface area contributed by atoms with Gasteiger partial charge < -0.3 is 19.7 Å². The number of esters is 2. The first kappa shape index (κ1) is 21.1. The van der Waals surface area contributed by atoms with E-state index >= 15 is 0 Å². The summed E-state index contributed by atoms with van der Waals surface area (Å²) in [7, 11) is 1.57. The predicted molar refractivity (Wildman–Crippen MR) is 98.9 cm³/mol. The third-order valence-electron chi connectivity index (χ3n) is 4.50. The minimum absolute atomic E-state index is 0.0227. The molecule has 1 aliphatic rings. The van der Waals surface area contributed by atoms with E-state index in [1.165, 1.54) is 17.0 Å². The molecule has 0 aromatic heterocycles. The number of piperidine rings is 1. The monoisotopic (exact) mass is 393 g/mol. The number of likely N-dealkylation sites (tertiary alicyclic amines) is 1. The molecule has 1 saturated heterocycles. The Kier molecular flexibility index (Phi) is 7.30. The van der Waals surface area contributed by atoms with Crippen LogP contribution in [-0.2, 0) is 19.1 Å². The lowest BCUT2D eigenvalue weighted by atomic mass is 9.97. The van der Waals surface area contributed by atoms with Gasteiger partial charge in [0.15, 0.2) is 6.61 Å². The number of ether oxygens (including phenoxy) is 2. The lowest BCUT2D eigenvalue weighted by Crippen LogP contribution is -2.42. The van der Waals surface area contributed by atoms with Gasteiger partial charge in [0, 0.05) is 38.0 Å². The maximum absolute atomic E-state index is 12.3. The molecule has 2 rings (SSSR count). The van der Waals surface area contributed by atoms with Gasteiger partial charge >= 0.3 is 11.9 Å². The van der Waals surface area contributed by atoms with Gasteiger partial charge in [0.05, 0.1) is 23.0 Å². The minimum Gasteiger partial charge on any atom is -0.466 e. The number of rotatable bonds is 7. The maximum atomic E-state index is 12.3. The summed E-state index contributed by atoms with van der Waals surface area (Å²) in [4.78, 5) is 48.1. The van der Waals surface area contributed by atoms with E-state index in [0.29, 0.717) is 38.2 Å². The van der Waals surface area contributed by atoms with Crippen LogP contribution in [0, 0.1) is 16.0 Å². The fraction of sp³-hybridized carbons (Fsp3) is 0.500. The maximum Gasteiger partial charge on any atom is 0.341 e. The van der Waals surface area contributed by atoms with Gasteiger partial charge in [0.2, 0.25) is 0 Å². The average molecular weight is 393 g/mol. The van der Waals surface area contributed by atoms with E-state index < -0.39 is 17.5 Å². The number of hydrogen-bond donors (Lipinski definition) is 1. The Balaban J connectivity index is 1.91.